The molecule has 2 aromatic rings. The summed E-state index contributed by atoms with van der Waals surface area (Å²) in [6.07, 6.45) is 1.02. The third kappa shape index (κ3) is 3.38. The first kappa shape index (κ1) is 14.6. The molecule has 0 bridgehead atoms. The zero-order valence-corrected chi connectivity index (χ0v) is 13.1. The van der Waals surface area contributed by atoms with Crippen molar-refractivity contribution in [1.29, 1.82) is 0 Å². The molecule has 4 nitrogen and oxygen atoms in total. The Labute approximate surface area is 121 Å². The Balaban J connectivity index is 2.35. The van der Waals surface area contributed by atoms with Crippen molar-refractivity contribution in [3.05, 3.63) is 10.9 Å². The number of anilines is 1. The van der Waals surface area contributed by atoms with E-state index in [0.717, 1.165) is 27.4 Å². The van der Waals surface area contributed by atoms with Gasteiger partial charge in [0.1, 0.15) is 9.86 Å². The predicted octanol–water partition coefficient (Wildman–Crippen LogP) is 3.02. The molecule has 1 unspecified atom stereocenters. The molecule has 0 aliphatic heterocycles. The van der Waals surface area contributed by atoms with E-state index >= 15 is 0 Å². The van der Waals surface area contributed by atoms with Gasteiger partial charge in [0.05, 0.1) is 0 Å². The molecule has 0 spiro atoms. The topological polar surface area (TPSA) is 58.0 Å². The number of aliphatic hydroxyl groups is 1. The second-order valence-corrected chi connectivity index (χ2v) is 6.61. The second-order valence-electron chi connectivity index (χ2n) is 4.49. The van der Waals surface area contributed by atoms with Gasteiger partial charge in [-0.1, -0.05) is 13.8 Å². The predicted molar refractivity (Wildman–Crippen MR) is 83.3 cm³/mol. The summed E-state index contributed by atoms with van der Waals surface area (Å²) in [4.78, 5) is 11.4. The maximum absolute atomic E-state index is 9.11. The largest absolute Gasteiger partial charge is 0.396 e. The van der Waals surface area contributed by atoms with Gasteiger partial charge in [-0.2, -0.15) is 0 Å². The molecule has 0 aromatic carbocycles. The first-order valence-corrected chi connectivity index (χ1v) is 8.20. The van der Waals surface area contributed by atoms with Crippen molar-refractivity contribution in [3.8, 4) is 0 Å². The Hall–Kier alpha value is -0.850. The summed E-state index contributed by atoms with van der Waals surface area (Å²) in [6.45, 7) is 4.40. The Morgan fingerprint density at radius 2 is 2.26 bits per heavy atom. The molecule has 19 heavy (non-hydrogen) atoms. The van der Waals surface area contributed by atoms with Gasteiger partial charge < -0.3 is 10.4 Å². The van der Waals surface area contributed by atoms with Gasteiger partial charge in [-0.15, -0.1) is 23.1 Å². The van der Waals surface area contributed by atoms with Crippen molar-refractivity contribution in [2.45, 2.75) is 25.3 Å². The van der Waals surface area contributed by atoms with E-state index in [1.807, 2.05) is 14.0 Å². The molecule has 6 heteroatoms. The van der Waals surface area contributed by atoms with Crippen LogP contribution in [0.15, 0.2) is 11.1 Å². The minimum absolute atomic E-state index is 0.212. The molecule has 2 N–H and O–H groups in total. The fraction of sp³-hybridized carbons (Fsp3) is 0.538. The quantitative estimate of drug-likeness (QED) is 0.634. The number of hydrogen-bond acceptors (Lipinski definition) is 6. The fourth-order valence-corrected chi connectivity index (χ4v) is 3.66. The van der Waals surface area contributed by atoms with Crippen molar-refractivity contribution >= 4 is 39.3 Å². The Kier molecular flexibility index (Phi) is 5.01. The van der Waals surface area contributed by atoms with Crippen LogP contribution >= 0.6 is 23.1 Å². The van der Waals surface area contributed by atoms with E-state index in [4.69, 9.17) is 5.11 Å². The molecule has 0 fully saturated rings. The minimum Gasteiger partial charge on any atom is -0.396 e. The van der Waals surface area contributed by atoms with E-state index in [2.05, 4.69) is 28.3 Å². The zero-order chi connectivity index (χ0) is 13.8. The molecule has 0 aliphatic rings. The maximum Gasteiger partial charge on any atom is 0.224 e. The van der Waals surface area contributed by atoms with Crippen LogP contribution in [0.5, 0.6) is 0 Å². The van der Waals surface area contributed by atoms with Crippen LogP contribution in [0.4, 0.5) is 5.95 Å². The first-order valence-electron chi connectivity index (χ1n) is 6.39. The highest BCUT2D eigenvalue weighted by Gasteiger charge is 2.12. The number of aromatic nitrogens is 2. The fourth-order valence-electron chi connectivity index (χ4n) is 1.62. The molecule has 1 atom stereocenters. The van der Waals surface area contributed by atoms with Crippen molar-refractivity contribution in [3.63, 3.8) is 0 Å². The molecule has 0 saturated heterocycles. The summed E-state index contributed by atoms with van der Waals surface area (Å²) in [5.41, 5.74) is 0. The van der Waals surface area contributed by atoms with Crippen molar-refractivity contribution < 1.29 is 5.11 Å². The number of rotatable bonds is 6. The van der Waals surface area contributed by atoms with Gasteiger partial charge >= 0.3 is 0 Å². The normalized spacial score (nSPS) is 12.8. The average molecular weight is 297 g/mol. The monoisotopic (exact) mass is 297 g/mol. The van der Waals surface area contributed by atoms with Gasteiger partial charge in [0.25, 0.3) is 0 Å². The highest BCUT2D eigenvalue weighted by molar-refractivity contribution is 7.99. The molecule has 2 rings (SSSR count). The van der Waals surface area contributed by atoms with Crippen molar-refractivity contribution in [2.24, 2.45) is 5.92 Å². The van der Waals surface area contributed by atoms with E-state index in [0.29, 0.717) is 5.95 Å². The van der Waals surface area contributed by atoms with Crippen LogP contribution in [0.3, 0.4) is 0 Å². The first-order chi connectivity index (χ1) is 9.17. The molecular formula is C13H19N3OS2. The van der Waals surface area contributed by atoms with Gasteiger partial charge in [-0.3, -0.25) is 0 Å². The van der Waals surface area contributed by atoms with E-state index < -0.39 is 0 Å². The number of fused-ring (bicyclic) bond motifs is 1. The summed E-state index contributed by atoms with van der Waals surface area (Å²) in [7, 11) is 1.83. The van der Waals surface area contributed by atoms with Crippen LogP contribution in [-0.2, 0) is 6.42 Å². The Morgan fingerprint density at radius 3 is 2.89 bits per heavy atom. The van der Waals surface area contributed by atoms with E-state index in [1.165, 1.54) is 4.88 Å². The van der Waals surface area contributed by atoms with Crippen LogP contribution in [0, 0.1) is 5.92 Å². The van der Waals surface area contributed by atoms with Crippen LogP contribution in [0.25, 0.3) is 10.2 Å². The molecule has 104 valence electrons. The SMILES string of the molecule is CCc1cc2c(SCC(C)CO)nc(NC)nc2s1. The standard InChI is InChI=1S/C13H19N3OS2/c1-4-9-5-10-11(18-7-8(2)6-17)15-13(14-3)16-12(10)19-9/h5,8,17H,4,6-7H2,1-3H3,(H,14,15,16). The lowest BCUT2D eigenvalue weighted by Gasteiger charge is -2.08. The van der Waals surface area contributed by atoms with Gasteiger partial charge in [0.15, 0.2) is 0 Å². The highest BCUT2D eigenvalue weighted by atomic mass is 32.2. The number of hydrogen-bond donors (Lipinski definition) is 2. The van der Waals surface area contributed by atoms with Crippen LogP contribution < -0.4 is 5.32 Å². The highest BCUT2D eigenvalue weighted by Crippen LogP contribution is 2.33. The third-order valence-corrected chi connectivity index (χ3v) is 5.29. The van der Waals surface area contributed by atoms with Crippen LogP contribution in [0.2, 0.25) is 0 Å². The zero-order valence-electron chi connectivity index (χ0n) is 11.4. The van der Waals surface area contributed by atoms with Crippen LogP contribution in [0.1, 0.15) is 18.7 Å². The summed E-state index contributed by atoms with van der Waals surface area (Å²) < 4.78 is 0. The maximum atomic E-state index is 9.11. The molecule has 2 heterocycles. The van der Waals surface area contributed by atoms with Crippen molar-refractivity contribution in [2.75, 3.05) is 24.7 Å². The molecule has 0 aliphatic carbocycles. The van der Waals surface area contributed by atoms with Gasteiger partial charge in [0.2, 0.25) is 5.95 Å². The molecule has 0 amide bonds. The molecular weight excluding hydrogens is 278 g/mol. The number of thiophene rings is 1. The van der Waals surface area contributed by atoms with Crippen molar-refractivity contribution in [1.82, 2.24) is 9.97 Å². The summed E-state index contributed by atoms with van der Waals surface area (Å²) in [5.74, 6) is 1.80. The average Bonchev–Trinajstić information content (AvgIpc) is 2.86. The molecule has 0 radical (unpaired) electrons. The van der Waals surface area contributed by atoms with Crippen LogP contribution in [-0.4, -0.2) is 34.5 Å². The Morgan fingerprint density at radius 1 is 1.47 bits per heavy atom. The number of thioether (sulfide) groups is 1. The lowest BCUT2D eigenvalue weighted by Crippen LogP contribution is -2.04. The molecule has 0 saturated carbocycles. The molecule has 2 aromatic heterocycles. The van der Waals surface area contributed by atoms with Gasteiger partial charge in [-0.25, -0.2) is 9.97 Å². The van der Waals surface area contributed by atoms with E-state index in [1.54, 1.807) is 23.1 Å². The third-order valence-electron chi connectivity index (χ3n) is 2.80. The van der Waals surface area contributed by atoms with E-state index in [-0.39, 0.29) is 12.5 Å². The number of aryl methyl sites for hydroxylation is 1. The summed E-state index contributed by atoms with van der Waals surface area (Å²) >= 11 is 3.42. The smallest absolute Gasteiger partial charge is 0.224 e. The lowest BCUT2D eigenvalue weighted by molar-refractivity contribution is 0.250. The lowest BCUT2D eigenvalue weighted by atomic mass is 10.2. The number of nitrogens with one attached hydrogen (secondary N) is 1. The summed E-state index contributed by atoms with van der Waals surface area (Å²) in [5, 5.41) is 14.3. The summed E-state index contributed by atoms with van der Waals surface area (Å²) in [6, 6.07) is 2.19. The Bertz CT molecular complexity index is 556. The number of nitrogens with zero attached hydrogens (tertiary/aromatic N) is 2. The minimum atomic E-state index is 0.212. The van der Waals surface area contributed by atoms with E-state index in [9.17, 15) is 0 Å². The van der Waals surface area contributed by atoms with Gasteiger partial charge in [-0.05, 0) is 18.4 Å². The van der Waals surface area contributed by atoms with Gasteiger partial charge in [0, 0.05) is 29.7 Å². The number of aliphatic hydroxyl groups excluding tert-OH is 1. The second kappa shape index (κ2) is 6.54.